The van der Waals surface area contributed by atoms with Crippen LogP contribution in [0.15, 0.2) is 18.2 Å². The fourth-order valence-electron chi connectivity index (χ4n) is 1.86. The van der Waals surface area contributed by atoms with Crippen molar-refractivity contribution in [2.75, 3.05) is 5.32 Å². The van der Waals surface area contributed by atoms with E-state index in [-0.39, 0.29) is 11.8 Å². The highest BCUT2D eigenvalue weighted by molar-refractivity contribution is 5.93. The van der Waals surface area contributed by atoms with Gasteiger partial charge in [0.1, 0.15) is 0 Å². The van der Waals surface area contributed by atoms with Crippen LogP contribution in [0.4, 0.5) is 5.69 Å². The standard InChI is InChI=1S/C13H17NO/c1-9-6-7-12(10(2)8-9)14-13(15)11-4-3-5-11/h6-8,11H,3-5H2,1-2H3,(H,14,15). The summed E-state index contributed by atoms with van der Waals surface area (Å²) < 4.78 is 0. The Balaban J connectivity index is 2.06. The van der Waals surface area contributed by atoms with E-state index in [0.717, 1.165) is 24.1 Å². The quantitative estimate of drug-likeness (QED) is 0.786. The summed E-state index contributed by atoms with van der Waals surface area (Å²) in [6.45, 7) is 4.09. The number of hydrogen-bond donors (Lipinski definition) is 1. The second-order valence-corrected chi connectivity index (χ2v) is 4.44. The van der Waals surface area contributed by atoms with Crippen molar-refractivity contribution >= 4 is 11.6 Å². The second kappa shape index (κ2) is 4.05. The highest BCUT2D eigenvalue weighted by atomic mass is 16.1. The lowest BCUT2D eigenvalue weighted by atomic mass is 9.85. The zero-order valence-corrected chi connectivity index (χ0v) is 9.34. The average Bonchev–Trinajstić information content (AvgIpc) is 2.07. The molecule has 0 unspecified atom stereocenters. The summed E-state index contributed by atoms with van der Waals surface area (Å²) in [4.78, 5) is 11.7. The van der Waals surface area contributed by atoms with Gasteiger partial charge in [-0.3, -0.25) is 4.79 Å². The molecule has 1 aromatic carbocycles. The minimum Gasteiger partial charge on any atom is -0.326 e. The highest BCUT2D eigenvalue weighted by Gasteiger charge is 2.25. The van der Waals surface area contributed by atoms with Crippen LogP contribution in [-0.4, -0.2) is 5.91 Å². The number of aryl methyl sites for hydroxylation is 2. The zero-order valence-electron chi connectivity index (χ0n) is 9.34. The molecule has 0 atom stereocenters. The summed E-state index contributed by atoms with van der Waals surface area (Å²) in [5, 5.41) is 3.00. The van der Waals surface area contributed by atoms with E-state index in [0.29, 0.717) is 0 Å². The van der Waals surface area contributed by atoms with Gasteiger partial charge in [-0.1, -0.05) is 24.1 Å². The van der Waals surface area contributed by atoms with Gasteiger partial charge in [0.05, 0.1) is 0 Å². The molecule has 0 radical (unpaired) electrons. The van der Waals surface area contributed by atoms with Gasteiger partial charge in [0, 0.05) is 11.6 Å². The van der Waals surface area contributed by atoms with Crippen LogP contribution in [0.1, 0.15) is 30.4 Å². The summed E-state index contributed by atoms with van der Waals surface area (Å²) in [6.07, 6.45) is 3.30. The van der Waals surface area contributed by atoms with Crippen molar-refractivity contribution in [1.82, 2.24) is 0 Å². The molecule has 0 spiro atoms. The highest BCUT2D eigenvalue weighted by Crippen LogP contribution is 2.28. The van der Waals surface area contributed by atoms with Crippen LogP contribution in [-0.2, 0) is 4.79 Å². The maximum atomic E-state index is 11.7. The first kappa shape index (κ1) is 10.2. The summed E-state index contributed by atoms with van der Waals surface area (Å²) in [5.74, 6) is 0.443. The van der Waals surface area contributed by atoms with Crippen LogP contribution in [0.5, 0.6) is 0 Å². The Labute approximate surface area is 90.7 Å². The van der Waals surface area contributed by atoms with E-state index in [2.05, 4.69) is 18.3 Å². The van der Waals surface area contributed by atoms with Crippen molar-refractivity contribution in [2.45, 2.75) is 33.1 Å². The Morgan fingerprint density at radius 1 is 1.33 bits per heavy atom. The third kappa shape index (κ3) is 2.20. The molecule has 2 rings (SSSR count). The van der Waals surface area contributed by atoms with Gasteiger partial charge in [-0.25, -0.2) is 0 Å². The Bertz CT molecular complexity index is 380. The van der Waals surface area contributed by atoms with Gasteiger partial charge in [-0.2, -0.15) is 0 Å². The van der Waals surface area contributed by atoms with Crippen LogP contribution in [0, 0.1) is 19.8 Å². The van der Waals surface area contributed by atoms with Crippen molar-refractivity contribution < 1.29 is 4.79 Å². The lowest BCUT2D eigenvalue weighted by Gasteiger charge is -2.24. The smallest absolute Gasteiger partial charge is 0.227 e. The predicted octanol–water partition coefficient (Wildman–Crippen LogP) is 3.04. The first-order valence-corrected chi connectivity index (χ1v) is 5.55. The molecule has 1 aromatic rings. The molecule has 1 saturated carbocycles. The maximum absolute atomic E-state index is 11.7. The number of anilines is 1. The Hall–Kier alpha value is -1.31. The lowest BCUT2D eigenvalue weighted by molar-refractivity contribution is -0.122. The van der Waals surface area contributed by atoms with Crippen molar-refractivity contribution in [2.24, 2.45) is 5.92 Å². The molecule has 0 bridgehead atoms. The van der Waals surface area contributed by atoms with Crippen LogP contribution in [0.3, 0.4) is 0 Å². The van der Waals surface area contributed by atoms with Gasteiger partial charge in [0.2, 0.25) is 5.91 Å². The first-order valence-electron chi connectivity index (χ1n) is 5.55. The minimum absolute atomic E-state index is 0.188. The summed E-state index contributed by atoms with van der Waals surface area (Å²) >= 11 is 0. The fraction of sp³-hybridized carbons (Fsp3) is 0.462. The summed E-state index contributed by atoms with van der Waals surface area (Å²) in [7, 11) is 0. The molecule has 1 aliphatic carbocycles. The SMILES string of the molecule is Cc1ccc(NC(=O)C2CCC2)c(C)c1. The maximum Gasteiger partial charge on any atom is 0.227 e. The van der Waals surface area contributed by atoms with E-state index in [4.69, 9.17) is 0 Å². The number of nitrogens with one attached hydrogen (secondary N) is 1. The van der Waals surface area contributed by atoms with Gasteiger partial charge < -0.3 is 5.32 Å². The van der Waals surface area contributed by atoms with E-state index in [1.165, 1.54) is 12.0 Å². The molecule has 0 saturated heterocycles. The van der Waals surface area contributed by atoms with Crippen molar-refractivity contribution in [1.29, 1.82) is 0 Å². The van der Waals surface area contributed by atoms with Gasteiger partial charge in [0.15, 0.2) is 0 Å². The molecule has 15 heavy (non-hydrogen) atoms. The molecule has 2 heteroatoms. The van der Waals surface area contributed by atoms with Crippen molar-refractivity contribution in [3.63, 3.8) is 0 Å². The van der Waals surface area contributed by atoms with E-state index in [9.17, 15) is 4.79 Å². The summed E-state index contributed by atoms with van der Waals surface area (Å²) in [5.41, 5.74) is 3.33. The Morgan fingerprint density at radius 3 is 2.60 bits per heavy atom. The number of benzene rings is 1. The molecule has 1 aliphatic rings. The average molecular weight is 203 g/mol. The Kier molecular flexibility index (Phi) is 2.76. The molecule has 1 N–H and O–H groups in total. The van der Waals surface area contributed by atoms with Crippen molar-refractivity contribution in [3.05, 3.63) is 29.3 Å². The van der Waals surface area contributed by atoms with Gasteiger partial charge in [-0.15, -0.1) is 0 Å². The predicted molar refractivity (Wildman–Crippen MR) is 61.9 cm³/mol. The van der Waals surface area contributed by atoms with E-state index >= 15 is 0 Å². The molecule has 0 aromatic heterocycles. The topological polar surface area (TPSA) is 29.1 Å². The Morgan fingerprint density at radius 2 is 2.07 bits per heavy atom. The molecule has 2 nitrogen and oxygen atoms in total. The molecule has 0 heterocycles. The van der Waals surface area contributed by atoms with Gasteiger partial charge in [-0.05, 0) is 38.3 Å². The van der Waals surface area contributed by atoms with Crippen LogP contribution >= 0.6 is 0 Å². The number of carbonyl (C=O) groups excluding carboxylic acids is 1. The molecule has 1 fully saturated rings. The number of amides is 1. The zero-order chi connectivity index (χ0) is 10.8. The van der Waals surface area contributed by atoms with Crippen LogP contribution < -0.4 is 5.32 Å². The minimum atomic E-state index is 0.188. The monoisotopic (exact) mass is 203 g/mol. The molecular formula is C13H17NO. The van der Waals surface area contributed by atoms with E-state index in [1.54, 1.807) is 0 Å². The number of hydrogen-bond acceptors (Lipinski definition) is 1. The first-order chi connectivity index (χ1) is 7.16. The largest absolute Gasteiger partial charge is 0.326 e. The number of rotatable bonds is 2. The number of carbonyl (C=O) groups is 1. The van der Waals surface area contributed by atoms with E-state index < -0.39 is 0 Å². The molecule has 0 aliphatic heterocycles. The van der Waals surface area contributed by atoms with Crippen molar-refractivity contribution in [3.8, 4) is 0 Å². The van der Waals surface area contributed by atoms with Crippen LogP contribution in [0.2, 0.25) is 0 Å². The fourth-order valence-corrected chi connectivity index (χ4v) is 1.86. The molecule has 80 valence electrons. The third-order valence-electron chi connectivity index (χ3n) is 3.12. The van der Waals surface area contributed by atoms with E-state index in [1.807, 2.05) is 19.1 Å². The molecule has 1 amide bonds. The normalized spacial score (nSPS) is 15.9. The van der Waals surface area contributed by atoms with Crippen LogP contribution in [0.25, 0.3) is 0 Å². The van der Waals surface area contributed by atoms with Gasteiger partial charge >= 0.3 is 0 Å². The lowest BCUT2D eigenvalue weighted by Crippen LogP contribution is -2.28. The van der Waals surface area contributed by atoms with Gasteiger partial charge in [0.25, 0.3) is 0 Å². The second-order valence-electron chi connectivity index (χ2n) is 4.44. The molecular weight excluding hydrogens is 186 g/mol. The third-order valence-corrected chi connectivity index (χ3v) is 3.12. The summed E-state index contributed by atoms with van der Waals surface area (Å²) in [6, 6.07) is 6.11.